The van der Waals surface area contributed by atoms with E-state index in [9.17, 15) is 0 Å². The Hall–Kier alpha value is -2.18. The number of rotatable bonds is 4. The SMILES string of the molecule is CN=c1scc(-c2ccc(OC)cc2)n1N=Cc1sccc1C. The molecule has 0 unspecified atom stereocenters. The number of nitrogens with zero attached hydrogens (tertiary/aromatic N) is 3. The van der Waals surface area contributed by atoms with Gasteiger partial charge in [-0.25, -0.2) is 4.68 Å². The average molecular weight is 343 g/mol. The van der Waals surface area contributed by atoms with Crippen molar-refractivity contribution in [3.63, 3.8) is 0 Å². The van der Waals surface area contributed by atoms with E-state index in [1.54, 1.807) is 36.8 Å². The summed E-state index contributed by atoms with van der Waals surface area (Å²) in [6.45, 7) is 2.09. The number of thiophene rings is 1. The van der Waals surface area contributed by atoms with Crippen LogP contribution in [0.15, 0.2) is 51.2 Å². The predicted molar refractivity (Wildman–Crippen MR) is 97.8 cm³/mol. The topological polar surface area (TPSA) is 38.9 Å². The summed E-state index contributed by atoms with van der Waals surface area (Å²) >= 11 is 3.26. The van der Waals surface area contributed by atoms with E-state index in [0.29, 0.717) is 0 Å². The summed E-state index contributed by atoms with van der Waals surface area (Å²) in [4.78, 5) is 6.34. The fourth-order valence-corrected chi connectivity index (χ4v) is 3.73. The number of benzene rings is 1. The lowest BCUT2D eigenvalue weighted by molar-refractivity contribution is 0.415. The fraction of sp³-hybridized carbons (Fsp3) is 0.176. The summed E-state index contributed by atoms with van der Waals surface area (Å²) in [5, 5.41) is 8.79. The zero-order chi connectivity index (χ0) is 16.2. The Kier molecular flexibility index (Phi) is 4.73. The molecular formula is C17H17N3OS2. The molecule has 0 bridgehead atoms. The lowest BCUT2D eigenvalue weighted by Gasteiger charge is -2.05. The number of thiazole rings is 1. The Morgan fingerprint density at radius 3 is 2.52 bits per heavy atom. The van der Waals surface area contributed by atoms with E-state index in [1.165, 1.54) is 5.56 Å². The Morgan fingerprint density at radius 1 is 1.13 bits per heavy atom. The third-order valence-electron chi connectivity index (χ3n) is 3.45. The number of ether oxygens (including phenoxy) is 1. The van der Waals surface area contributed by atoms with Gasteiger partial charge >= 0.3 is 0 Å². The minimum absolute atomic E-state index is 0.841. The van der Waals surface area contributed by atoms with Gasteiger partial charge in [-0.3, -0.25) is 4.99 Å². The normalized spacial score (nSPS) is 12.2. The predicted octanol–water partition coefficient (Wildman–Crippen LogP) is 4.01. The monoisotopic (exact) mass is 343 g/mol. The second kappa shape index (κ2) is 6.93. The van der Waals surface area contributed by atoms with Gasteiger partial charge in [0.2, 0.25) is 4.80 Å². The molecule has 4 nitrogen and oxygen atoms in total. The molecule has 0 aliphatic carbocycles. The smallest absolute Gasteiger partial charge is 0.205 e. The number of aromatic nitrogens is 1. The van der Waals surface area contributed by atoms with Gasteiger partial charge < -0.3 is 4.74 Å². The first-order valence-electron chi connectivity index (χ1n) is 7.09. The molecule has 0 aliphatic heterocycles. The fourth-order valence-electron chi connectivity index (χ4n) is 2.15. The largest absolute Gasteiger partial charge is 0.497 e. The van der Waals surface area contributed by atoms with Crippen LogP contribution in [-0.4, -0.2) is 25.0 Å². The van der Waals surface area contributed by atoms with E-state index in [1.807, 2.05) is 35.2 Å². The van der Waals surface area contributed by atoms with Gasteiger partial charge in [-0.05, 0) is 48.2 Å². The van der Waals surface area contributed by atoms with Gasteiger partial charge in [0.25, 0.3) is 0 Å². The second-order valence-corrected chi connectivity index (χ2v) is 6.66. The molecule has 118 valence electrons. The first-order chi connectivity index (χ1) is 11.2. The van der Waals surface area contributed by atoms with Gasteiger partial charge in [0.05, 0.1) is 23.9 Å². The molecule has 0 atom stereocenters. The summed E-state index contributed by atoms with van der Waals surface area (Å²) in [5.74, 6) is 0.841. The molecule has 0 spiro atoms. The second-order valence-electron chi connectivity index (χ2n) is 4.88. The Labute approximate surface area is 143 Å². The van der Waals surface area contributed by atoms with Crippen molar-refractivity contribution in [2.75, 3.05) is 14.2 Å². The molecule has 0 radical (unpaired) electrons. The maximum atomic E-state index is 5.22. The molecule has 1 aromatic carbocycles. The van der Waals surface area contributed by atoms with Crippen molar-refractivity contribution in [2.24, 2.45) is 10.1 Å². The average Bonchev–Trinajstić information content (AvgIpc) is 3.18. The first-order valence-corrected chi connectivity index (χ1v) is 8.85. The van der Waals surface area contributed by atoms with Gasteiger partial charge in [0, 0.05) is 18.0 Å². The molecule has 3 rings (SSSR count). The number of hydrogen-bond acceptors (Lipinski definition) is 5. The number of hydrogen-bond donors (Lipinski definition) is 0. The van der Waals surface area contributed by atoms with Crippen LogP contribution in [0.25, 0.3) is 11.3 Å². The highest BCUT2D eigenvalue weighted by atomic mass is 32.1. The van der Waals surface area contributed by atoms with Crippen molar-refractivity contribution >= 4 is 28.9 Å². The Morgan fingerprint density at radius 2 is 1.91 bits per heavy atom. The van der Waals surface area contributed by atoms with Crippen molar-refractivity contribution in [1.29, 1.82) is 0 Å². The van der Waals surface area contributed by atoms with Crippen LogP contribution >= 0.6 is 22.7 Å². The lowest BCUT2D eigenvalue weighted by atomic mass is 10.2. The van der Waals surface area contributed by atoms with Crippen molar-refractivity contribution in [2.45, 2.75) is 6.92 Å². The molecule has 0 saturated heterocycles. The highest BCUT2D eigenvalue weighted by Gasteiger charge is 2.07. The van der Waals surface area contributed by atoms with Gasteiger partial charge in [0.1, 0.15) is 5.75 Å². The van der Waals surface area contributed by atoms with E-state index in [2.05, 4.69) is 33.8 Å². The molecular weight excluding hydrogens is 326 g/mol. The van der Waals surface area contributed by atoms with Crippen molar-refractivity contribution in [3.8, 4) is 17.0 Å². The van der Waals surface area contributed by atoms with E-state index >= 15 is 0 Å². The number of aryl methyl sites for hydroxylation is 1. The molecule has 23 heavy (non-hydrogen) atoms. The van der Waals surface area contributed by atoms with Gasteiger partial charge in [0.15, 0.2) is 0 Å². The number of methoxy groups -OCH3 is 1. The van der Waals surface area contributed by atoms with Crippen LogP contribution in [0.3, 0.4) is 0 Å². The quantitative estimate of drug-likeness (QED) is 0.660. The molecule has 0 amide bonds. The van der Waals surface area contributed by atoms with Crippen LogP contribution in [0.5, 0.6) is 5.75 Å². The highest BCUT2D eigenvalue weighted by Crippen LogP contribution is 2.23. The summed E-state index contributed by atoms with van der Waals surface area (Å²) < 4.78 is 7.10. The third-order valence-corrected chi connectivity index (χ3v) is 5.32. The van der Waals surface area contributed by atoms with Gasteiger partial charge in [-0.1, -0.05) is 0 Å². The van der Waals surface area contributed by atoms with Crippen molar-refractivity contribution in [1.82, 2.24) is 4.68 Å². The maximum absolute atomic E-state index is 5.22. The zero-order valence-electron chi connectivity index (χ0n) is 13.2. The maximum Gasteiger partial charge on any atom is 0.205 e. The summed E-state index contributed by atoms with van der Waals surface area (Å²) in [5.41, 5.74) is 3.33. The summed E-state index contributed by atoms with van der Waals surface area (Å²) in [7, 11) is 3.45. The van der Waals surface area contributed by atoms with Gasteiger partial charge in [-0.2, -0.15) is 5.10 Å². The standard InChI is InChI=1S/C17H17N3OS2/c1-12-8-9-22-16(12)10-19-20-15(11-23-17(20)18-2)13-4-6-14(21-3)7-5-13/h4-11H,1-3H3. The Bertz CT molecular complexity index is 885. The summed E-state index contributed by atoms with van der Waals surface area (Å²) in [6.07, 6.45) is 1.90. The zero-order valence-corrected chi connectivity index (χ0v) is 14.8. The van der Waals surface area contributed by atoms with Crippen LogP contribution in [0.2, 0.25) is 0 Å². The van der Waals surface area contributed by atoms with Crippen LogP contribution in [0.1, 0.15) is 10.4 Å². The molecule has 3 aromatic rings. The van der Waals surface area contributed by atoms with E-state index in [-0.39, 0.29) is 0 Å². The molecule has 0 saturated carbocycles. The molecule has 0 fully saturated rings. The highest BCUT2D eigenvalue weighted by molar-refractivity contribution is 7.11. The van der Waals surface area contributed by atoms with Crippen LogP contribution in [0, 0.1) is 6.92 Å². The van der Waals surface area contributed by atoms with E-state index < -0.39 is 0 Å². The minimum atomic E-state index is 0.841. The summed E-state index contributed by atoms with van der Waals surface area (Å²) in [6, 6.07) is 10.1. The minimum Gasteiger partial charge on any atom is -0.497 e. The van der Waals surface area contributed by atoms with Crippen LogP contribution in [-0.2, 0) is 0 Å². The molecule has 2 aromatic heterocycles. The van der Waals surface area contributed by atoms with Crippen molar-refractivity contribution < 1.29 is 4.74 Å². The van der Waals surface area contributed by atoms with E-state index in [0.717, 1.165) is 26.7 Å². The first kappa shape index (κ1) is 15.7. The van der Waals surface area contributed by atoms with Gasteiger partial charge in [-0.15, -0.1) is 22.7 Å². The molecule has 0 N–H and O–H groups in total. The molecule has 2 heterocycles. The van der Waals surface area contributed by atoms with Crippen LogP contribution < -0.4 is 9.54 Å². The van der Waals surface area contributed by atoms with E-state index in [4.69, 9.17) is 4.74 Å². The molecule has 0 aliphatic rings. The van der Waals surface area contributed by atoms with Crippen molar-refractivity contribution in [3.05, 3.63) is 56.3 Å². The van der Waals surface area contributed by atoms with Crippen LogP contribution in [0.4, 0.5) is 0 Å². The Balaban J connectivity index is 2.03. The third kappa shape index (κ3) is 3.28. The lowest BCUT2D eigenvalue weighted by Crippen LogP contribution is -2.11. The molecule has 6 heteroatoms.